The predicted octanol–water partition coefficient (Wildman–Crippen LogP) is 3.01. The van der Waals surface area contributed by atoms with Gasteiger partial charge in [0, 0.05) is 23.1 Å². The number of hydrogen-bond donors (Lipinski definition) is 3. The number of nitrogens with zero attached hydrogens (tertiary/aromatic N) is 1. The van der Waals surface area contributed by atoms with E-state index < -0.39 is 17.4 Å². The van der Waals surface area contributed by atoms with Crippen LogP contribution in [0.2, 0.25) is 0 Å². The van der Waals surface area contributed by atoms with Gasteiger partial charge in [-0.25, -0.2) is 11.0 Å². The topological polar surface area (TPSA) is 91.7 Å². The quantitative estimate of drug-likeness (QED) is 0.403. The first kappa shape index (κ1) is 22.0. The predicted molar refractivity (Wildman–Crippen MR) is 120 cm³/mol. The van der Waals surface area contributed by atoms with E-state index >= 15 is 4.39 Å². The van der Waals surface area contributed by atoms with Crippen LogP contribution in [0.3, 0.4) is 0 Å². The van der Waals surface area contributed by atoms with Gasteiger partial charge in [0.1, 0.15) is 5.82 Å². The van der Waals surface area contributed by atoms with Crippen molar-refractivity contribution in [1.29, 1.82) is 0 Å². The lowest BCUT2D eigenvalue weighted by Gasteiger charge is -2.21. The van der Waals surface area contributed by atoms with E-state index in [0.717, 1.165) is 5.39 Å². The van der Waals surface area contributed by atoms with Crippen molar-refractivity contribution >= 4 is 28.5 Å². The second-order valence-electron chi connectivity index (χ2n) is 7.85. The molecule has 1 aliphatic carbocycles. The standard InChI is InChI=1S/C25H21FN4O3/c1-27-15-29-24(33)23(32)28-14-17-7-3-5-9-19(17)22(31)30-25(12-13-25)20-11-10-16-6-2-4-8-18(16)21(20)26/h2-11H,12-15H2,(H,28,32)(H,29,33)(H,30,31). The number of nitrogens with one attached hydrogen (secondary N) is 3. The molecule has 3 N–H and O–H groups in total. The van der Waals surface area contributed by atoms with Crippen molar-refractivity contribution in [3.63, 3.8) is 0 Å². The third kappa shape index (κ3) is 4.53. The summed E-state index contributed by atoms with van der Waals surface area (Å²) < 4.78 is 15.3. The SMILES string of the molecule is [C-]#[N+]CNC(=O)C(=O)NCc1ccccc1C(=O)NC1(c2ccc3ccccc3c2F)CC1. The van der Waals surface area contributed by atoms with Crippen molar-refractivity contribution in [3.8, 4) is 0 Å². The van der Waals surface area contributed by atoms with Gasteiger partial charge in [0.05, 0.1) is 5.54 Å². The number of rotatable bonds is 6. The second-order valence-corrected chi connectivity index (χ2v) is 7.85. The van der Waals surface area contributed by atoms with E-state index in [1.165, 1.54) is 0 Å². The number of carbonyl (C=O) groups excluding carboxylic acids is 3. The summed E-state index contributed by atoms with van der Waals surface area (Å²) in [7, 11) is 0. The van der Waals surface area contributed by atoms with Crippen molar-refractivity contribution in [1.82, 2.24) is 16.0 Å². The van der Waals surface area contributed by atoms with Crippen molar-refractivity contribution < 1.29 is 18.8 Å². The summed E-state index contributed by atoms with van der Waals surface area (Å²) in [5, 5.41) is 8.89. The molecule has 0 spiro atoms. The highest BCUT2D eigenvalue weighted by atomic mass is 19.1. The van der Waals surface area contributed by atoms with Gasteiger partial charge in [0.15, 0.2) is 0 Å². The molecule has 4 rings (SSSR count). The fraction of sp³-hybridized carbons (Fsp3) is 0.200. The summed E-state index contributed by atoms with van der Waals surface area (Å²) in [6.45, 7) is 6.31. The lowest BCUT2D eigenvalue weighted by atomic mass is 9.98. The molecule has 0 saturated heterocycles. The normalized spacial score (nSPS) is 13.6. The van der Waals surface area contributed by atoms with Gasteiger partial charge < -0.3 is 10.6 Å². The van der Waals surface area contributed by atoms with E-state index in [9.17, 15) is 14.4 Å². The van der Waals surface area contributed by atoms with E-state index in [4.69, 9.17) is 6.57 Å². The van der Waals surface area contributed by atoms with Crippen LogP contribution in [0.15, 0.2) is 60.7 Å². The maximum absolute atomic E-state index is 15.3. The minimum Gasteiger partial charge on any atom is -0.344 e. The number of fused-ring (bicyclic) bond motifs is 1. The Hall–Kier alpha value is -4.25. The number of carbonyl (C=O) groups is 3. The van der Waals surface area contributed by atoms with Gasteiger partial charge >= 0.3 is 11.8 Å². The molecule has 3 aromatic rings. The maximum Gasteiger partial charge on any atom is 0.314 e. The molecule has 0 aromatic heterocycles. The molecule has 3 amide bonds. The molecule has 3 aromatic carbocycles. The van der Waals surface area contributed by atoms with Crippen LogP contribution < -0.4 is 16.0 Å². The smallest absolute Gasteiger partial charge is 0.314 e. The van der Waals surface area contributed by atoms with Gasteiger partial charge in [0.25, 0.3) is 12.6 Å². The van der Waals surface area contributed by atoms with E-state index in [1.807, 2.05) is 18.2 Å². The summed E-state index contributed by atoms with van der Waals surface area (Å²) in [6.07, 6.45) is 1.24. The molecule has 7 nitrogen and oxygen atoms in total. The van der Waals surface area contributed by atoms with E-state index in [1.54, 1.807) is 42.5 Å². The Kier molecular flexibility index (Phi) is 6.05. The highest BCUT2D eigenvalue weighted by molar-refractivity contribution is 6.35. The first-order valence-electron chi connectivity index (χ1n) is 10.4. The monoisotopic (exact) mass is 444 g/mol. The zero-order valence-electron chi connectivity index (χ0n) is 17.7. The fourth-order valence-corrected chi connectivity index (χ4v) is 3.82. The fourth-order valence-electron chi connectivity index (χ4n) is 3.82. The van der Waals surface area contributed by atoms with Gasteiger partial charge in [0.2, 0.25) is 0 Å². The Morgan fingerprint density at radius 1 is 0.939 bits per heavy atom. The Balaban J connectivity index is 1.51. The zero-order valence-corrected chi connectivity index (χ0v) is 17.7. The van der Waals surface area contributed by atoms with Crippen molar-refractivity contribution in [2.45, 2.75) is 24.9 Å². The van der Waals surface area contributed by atoms with Crippen LogP contribution in [0, 0.1) is 12.4 Å². The highest BCUT2D eigenvalue weighted by Crippen LogP contribution is 2.47. The summed E-state index contributed by atoms with van der Waals surface area (Å²) in [6, 6.07) is 17.4. The Bertz CT molecular complexity index is 1290. The van der Waals surface area contributed by atoms with E-state index in [-0.39, 0.29) is 24.9 Å². The van der Waals surface area contributed by atoms with E-state index in [2.05, 4.69) is 20.8 Å². The molecule has 1 fully saturated rings. The molecule has 33 heavy (non-hydrogen) atoms. The molecule has 1 saturated carbocycles. The molecular formula is C25H21FN4O3. The number of halogens is 1. The molecule has 166 valence electrons. The molecule has 0 aliphatic heterocycles. The van der Waals surface area contributed by atoms with Gasteiger partial charge in [-0.3, -0.25) is 24.5 Å². The van der Waals surface area contributed by atoms with Crippen LogP contribution in [0.5, 0.6) is 0 Å². The third-order valence-electron chi connectivity index (χ3n) is 5.71. The van der Waals surface area contributed by atoms with Gasteiger partial charge in [-0.05, 0) is 29.9 Å². The Morgan fingerprint density at radius 2 is 1.64 bits per heavy atom. The summed E-state index contributed by atoms with van der Waals surface area (Å²) >= 11 is 0. The van der Waals surface area contributed by atoms with Crippen LogP contribution in [0.4, 0.5) is 4.39 Å². The van der Waals surface area contributed by atoms with E-state index in [0.29, 0.717) is 34.9 Å². The molecule has 0 radical (unpaired) electrons. The maximum atomic E-state index is 15.3. The Labute approximate surface area is 189 Å². The zero-order chi connectivity index (χ0) is 23.4. The largest absolute Gasteiger partial charge is 0.344 e. The number of hydrogen-bond acceptors (Lipinski definition) is 3. The van der Waals surface area contributed by atoms with Gasteiger partial charge in [-0.1, -0.05) is 54.6 Å². The summed E-state index contributed by atoms with van der Waals surface area (Å²) in [5.41, 5.74) is 0.515. The Morgan fingerprint density at radius 3 is 2.39 bits per heavy atom. The lowest BCUT2D eigenvalue weighted by molar-refractivity contribution is -0.139. The lowest BCUT2D eigenvalue weighted by Crippen LogP contribution is -2.40. The summed E-state index contributed by atoms with van der Waals surface area (Å²) in [5.74, 6) is -2.54. The van der Waals surface area contributed by atoms with Crippen LogP contribution in [-0.2, 0) is 21.7 Å². The van der Waals surface area contributed by atoms with Gasteiger partial charge in [-0.2, -0.15) is 0 Å². The summed E-state index contributed by atoms with van der Waals surface area (Å²) in [4.78, 5) is 39.6. The third-order valence-corrected chi connectivity index (χ3v) is 5.71. The number of benzene rings is 3. The molecule has 0 bridgehead atoms. The van der Waals surface area contributed by atoms with Crippen LogP contribution in [0.25, 0.3) is 15.6 Å². The molecule has 8 heteroatoms. The van der Waals surface area contributed by atoms with Crippen LogP contribution in [-0.4, -0.2) is 24.4 Å². The van der Waals surface area contributed by atoms with Crippen LogP contribution >= 0.6 is 0 Å². The number of amides is 3. The molecular weight excluding hydrogens is 423 g/mol. The highest BCUT2D eigenvalue weighted by Gasteiger charge is 2.47. The average Bonchev–Trinajstić information content (AvgIpc) is 3.61. The first-order chi connectivity index (χ1) is 15.9. The van der Waals surface area contributed by atoms with Gasteiger partial charge in [-0.15, -0.1) is 0 Å². The van der Waals surface area contributed by atoms with Crippen molar-refractivity contribution in [2.24, 2.45) is 0 Å². The minimum atomic E-state index is -0.920. The molecule has 1 aliphatic rings. The van der Waals surface area contributed by atoms with Crippen molar-refractivity contribution in [2.75, 3.05) is 6.67 Å². The van der Waals surface area contributed by atoms with Crippen molar-refractivity contribution in [3.05, 3.63) is 94.6 Å². The molecule has 0 atom stereocenters. The molecule has 0 heterocycles. The second kappa shape index (κ2) is 9.09. The first-order valence-corrected chi connectivity index (χ1v) is 10.4. The average molecular weight is 444 g/mol. The minimum absolute atomic E-state index is 0.0504. The van der Waals surface area contributed by atoms with Crippen LogP contribution in [0.1, 0.15) is 34.3 Å². The molecule has 0 unspecified atom stereocenters.